The van der Waals surface area contributed by atoms with Crippen LogP contribution in [-0.2, 0) is 11.3 Å². The van der Waals surface area contributed by atoms with Crippen LogP contribution in [0.3, 0.4) is 0 Å². The normalized spacial score (nSPS) is 9.95. The van der Waals surface area contributed by atoms with Gasteiger partial charge in [-0.2, -0.15) is 0 Å². The van der Waals surface area contributed by atoms with E-state index in [1.807, 2.05) is 30.3 Å². The Morgan fingerprint density at radius 3 is 2.67 bits per heavy atom. The molecule has 0 saturated carbocycles. The lowest BCUT2D eigenvalue weighted by molar-refractivity contribution is 0.0689. The second-order valence-electron chi connectivity index (χ2n) is 4.22. The number of amides is 1. The van der Waals surface area contributed by atoms with Gasteiger partial charge in [-0.25, -0.2) is 19.6 Å². The zero-order valence-corrected chi connectivity index (χ0v) is 11.2. The number of carbonyl (C=O) groups is 2. The van der Waals surface area contributed by atoms with Crippen LogP contribution in [-0.4, -0.2) is 27.1 Å². The number of aromatic carboxylic acids is 1. The van der Waals surface area contributed by atoms with E-state index in [1.54, 1.807) is 6.92 Å². The number of aromatic nitrogens is 2. The lowest BCUT2D eigenvalue weighted by atomic mass is 10.2. The van der Waals surface area contributed by atoms with Gasteiger partial charge in [0.15, 0.2) is 5.69 Å². The number of benzene rings is 1. The summed E-state index contributed by atoms with van der Waals surface area (Å²) in [5.74, 6) is -1.30. The number of carbonyl (C=O) groups excluding carboxylic acids is 1. The summed E-state index contributed by atoms with van der Waals surface area (Å²) < 4.78 is 4.99. The van der Waals surface area contributed by atoms with Gasteiger partial charge in [-0.1, -0.05) is 30.3 Å². The molecule has 2 aromatic rings. The van der Waals surface area contributed by atoms with Gasteiger partial charge >= 0.3 is 12.1 Å². The molecule has 2 rings (SSSR count). The second-order valence-corrected chi connectivity index (χ2v) is 4.22. The molecule has 0 aliphatic heterocycles. The van der Waals surface area contributed by atoms with Gasteiger partial charge in [0.1, 0.15) is 6.61 Å². The Bertz CT molecular complexity index is 659. The van der Waals surface area contributed by atoms with Crippen molar-refractivity contribution in [3.8, 4) is 0 Å². The first-order valence-electron chi connectivity index (χ1n) is 6.11. The highest BCUT2D eigenvalue weighted by atomic mass is 16.5. The number of ether oxygens (including phenoxy) is 1. The molecule has 0 saturated heterocycles. The van der Waals surface area contributed by atoms with Crippen molar-refractivity contribution in [1.29, 1.82) is 0 Å². The fraction of sp³-hybridized carbons (Fsp3) is 0.143. The quantitative estimate of drug-likeness (QED) is 0.894. The maximum Gasteiger partial charge on any atom is 0.414 e. The molecular formula is C14H13N3O4. The number of hydrogen-bond acceptors (Lipinski definition) is 5. The largest absolute Gasteiger partial charge is 0.476 e. The summed E-state index contributed by atoms with van der Waals surface area (Å²) >= 11 is 0. The minimum absolute atomic E-state index is 0.102. The minimum Gasteiger partial charge on any atom is -0.476 e. The van der Waals surface area contributed by atoms with Crippen LogP contribution in [0.15, 0.2) is 36.5 Å². The molecule has 21 heavy (non-hydrogen) atoms. The monoisotopic (exact) mass is 287 g/mol. The first-order chi connectivity index (χ1) is 10.1. The van der Waals surface area contributed by atoms with Gasteiger partial charge < -0.3 is 9.84 Å². The molecule has 0 bridgehead atoms. The average Bonchev–Trinajstić information content (AvgIpc) is 2.48. The third kappa shape index (κ3) is 4.00. The Kier molecular flexibility index (Phi) is 4.45. The summed E-state index contributed by atoms with van der Waals surface area (Å²) in [5.41, 5.74) is 1.08. The highest BCUT2D eigenvalue weighted by Gasteiger charge is 2.13. The van der Waals surface area contributed by atoms with Gasteiger partial charge in [-0.15, -0.1) is 0 Å². The van der Waals surface area contributed by atoms with Gasteiger partial charge in [-0.3, -0.25) is 5.32 Å². The number of rotatable bonds is 4. The summed E-state index contributed by atoms with van der Waals surface area (Å²) in [6.45, 7) is 1.67. The Balaban J connectivity index is 1.97. The molecule has 0 aliphatic rings. The number of hydrogen-bond donors (Lipinski definition) is 2. The van der Waals surface area contributed by atoms with Crippen molar-refractivity contribution in [2.75, 3.05) is 5.32 Å². The molecule has 1 heterocycles. The summed E-state index contributed by atoms with van der Waals surface area (Å²) in [6, 6.07) is 9.16. The zero-order valence-electron chi connectivity index (χ0n) is 11.2. The Labute approximate surface area is 120 Å². The Morgan fingerprint density at radius 1 is 1.29 bits per heavy atom. The van der Waals surface area contributed by atoms with Gasteiger partial charge in [0.05, 0.1) is 0 Å². The van der Waals surface area contributed by atoms with Crippen LogP contribution in [0.25, 0.3) is 0 Å². The van der Waals surface area contributed by atoms with Crippen molar-refractivity contribution in [1.82, 2.24) is 9.97 Å². The topological polar surface area (TPSA) is 101 Å². The lowest BCUT2D eigenvalue weighted by Gasteiger charge is -2.07. The molecule has 0 unspecified atom stereocenters. The van der Waals surface area contributed by atoms with Crippen LogP contribution < -0.4 is 5.32 Å². The van der Waals surface area contributed by atoms with Crippen LogP contribution in [0.2, 0.25) is 0 Å². The fourth-order valence-corrected chi connectivity index (χ4v) is 1.57. The summed E-state index contributed by atoms with van der Waals surface area (Å²) in [5, 5.41) is 11.2. The summed E-state index contributed by atoms with van der Waals surface area (Å²) in [6.07, 6.45) is 0.572. The van der Waals surface area contributed by atoms with Gasteiger partial charge in [-0.05, 0) is 12.5 Å². The third-order valence-corrected chi connectivity index (χ3v) is 2.60. The van der Waals surface area contributed by atoms with E-state index in [0.717, 1.165) is 5.56 Å². The van der Waals surface area contributed by atoms with Crippen molar-refractivity contribution in [3.63, 3.8) is 0 Å². The molecule has 108 valence electrons. The van der Waals surface area contributed by atoms with E-state index in [1.165, 1.54) is 6.20 Å². The molecule has 0 spiro atoms. The third-order valence-electron chi connectivity index (χ3n) is 2.60. The molecule has 1 aromatic heterocycles. The number of carboxylic acids is 1. The fourth-order valence-electron chi connectivity index (χ4n) is 1.57. The van der Waals surface area contributed by atoms with Gasteiger partial charge in [0.25, 0.3) is 0 Å². The van der Waals surface area contributed by atoms with E-state index >= 15 is 0 Å². The van der Waals surface area contributed by atoms with Gasteiger partial charge in [0, 0.05) is 11.8 Å². The standard InChI is InChI=1S/C14H13N3O4/c1-9-7-15-13(16-11(9)12(18)19)17-14(20)21-8-10-5-3-2-4-6-10/h2-7H,8H2,1H3,(H,18,19)(H,15,16,17,20). The summed E-state index contributed by atoms with van der Waals surface area (Å²) in [4.78, 5) is 30.1. The van der Waals surface area contributed by atoms with E-state index in [9.17, 15) is 9.59 Å². The van der Waals surface area contributed by atoms with Crippen molar-refractivity contribution in [3.05, 3.63) is 53.3 Å². The summed E-state index contributed by atoms with van der Waals surface area (Å²) in [7, 11) is 0. The van der Waals surface area contributed by atoms with Crippen molar-refractivity contribution >= 4 is 18.0 Å². The van der Waals surface area contributed by atoms with Crippen LogP contribution in [0.4, 0.5) is 10.7 Å². The van der Waals surface area contributed by atoms with Crippen LogP contribution in [0.5, 0.6) is 0 Å². The molecule has 0 atom stereocenters. The number of anilines is 1. The molecular weight excluding hydrogens is 274 g/mol. The Morgan fingerprint density at radius 2 is 2.00 bits per heavy atom. The van der Waals surface area contributed by atoms with Crippen molar-refractivity contribution in [2.45, 2.75) is 13.5 Å². The smallest absolute Gasteiger partial charge is 0.414 e. The number of nitrogens with zero attached hydrogens (tertiary/aromatic N) is 2. The van der Waals surface area contributed by atoms with E-state index in [-0.39, 0.29) is 18.2 Å². The van der Waals surface area contributed by atoms with Gasteiger partial charge in [0.2, 0.25) is 5.95 Å². The van der Waals surface area contributed by atoms with E-state index in [2.05, 4.69) is 15.3 Å². The average molecular weight is 287 g/mol. The van der Waals surface area contributed by atoms with Crippen LogP contribution >= 0.6 is 0 Å². The van der Waals surface area contributed by atoms with Crippen LogP contribution in [0.1, 0.15) is 21.6 Å². The van der Waals surface area contributed by atoms with E-state index in [0.29, 0.717) is 5.56 Å². The molecule has 0 aliphatic carbocycles. The Hall–Kier alpha value is -2.96. The first kappa shape index (κ1) is 14.4. The SMILES string of the molecule is Cc1cnc(NC(=O)OCc2ccccc2)nc1C(=O)O. The predicted molar refractivity (Wildman–Crippen MR) is 74.0 cm³/mol. The first-order valence-corrected chi connectivity index (χ1v) is 6.11. The molecule has 1 aromatic carbocycles. The van der Waals surface area contributed by atoms with Crippen molar-refractivity contribution < 1.29 is 19.4 Å². The zero-order chi connectivity index (χ0) is 15.2. The second kappa shape index (κ2) is 6.47. The molecule has 2 N–H and O–H groups in total. The number of aryl methyl sites for hydroxylation is 1. The molecule has 7 nitrogen and oxygen atoms in total. The highest BCUT2D eigenvalue weighted by molar-refractivity contribution is 5.88. The van der Waals surface area contributed by atoms with Crippen molar-refractivity contribution in [2.24, 2.45) is 0 Å². The van der Waals surface area contributed by atoms with Crippen LogP contribution in [0, 0.1) is 6.92 Å². The van der Waals surface area contributed by atoms with E-state index in [4.69, 9.17) is 9.84 Å². The number of nitrogens with one attached hydrogen (secondary N) is 1. The molecule has 0 radical (unpaired) electrons. The number of carboxylic acid groups (broad SMARTS) is 1. The minimum atomic E-state index is -1.18. The lowest BCUT2D eigenvalue weighted by Crippen LogP contribution is -2.17. The predicted octanol–water partition coefficient (Wildman–Crippen LogP) is 2.23. The maximum atomic E-state index is 11.6. The maximum absolute atomic E-state index is 11.6. The molecule has 7 heteroatoms. The highest BCUT2D eigenvalue weighted by Crippen LogP contribution is 2.08. The molecule has 0 fully saturated rings. The van der Waals surface area contributed by atoms with E-state index < -0.39 is 12.1 Å². The molecule has 1 amide bonds.